The van der Waals surface area contributed by atoms with Gasteiger partial charge in [-0.3, -0.25) is 10.1 Å². The van der Waals surface area contributed by atoms with Crippen LogP contribution in [0.15, 0.2) is 36.4 Å². The van der Waals surface area contributed by atoms with Gasteiger partial charge in [-0.2, -0.15) is 4.39 Å². The van der Waals surface area contributed by atoms with E-state index in [1.807, 2.05) is 0 Å². The second-order valence-corrected chi connectivity index (χ2v) is 4.18. The van der Waals surface area contributed by atoms with E-state index in [1.165, 1.54) is 18.2 Å². The zero-order chi connectivity index (χ0) is 14.7. The van der Waals surface area contributed by atoms with Crippen molar-refractivity contribution in [2.75, 3.05) is 0 Å². The highest BCUT2D eigenvalue weighted by Crippen LogP contribution is 2.24. The van der Waals surface area contributed by atoms with Gasteiger partial charge >= 0.3 is 5.69 Å². The first-order chi connectivity index (χ1) is 9.50. The van der Waals surface area contributed by atoms with Crippen LogP contribution in [0.25, 0.3) is 0 Å². The average molecular weight is 279 g/mol. The molecule has 0 saturated heterocycles. The fourth-order valence-electron chi connectivity index (χ4n) is 1.71. The maximum Gasteiger partial charge on any atom is 0.305 e. The van der Waals surface area contributed by atoms with Gasteiger partial charge in [-0.05, 0) is 18.6 Å². The van der Waals surface area contributed by atoms with Crippen molar-refractivity contribution in [3.63, 3.8) is 0 Å². The molecule has 6 heteroatoms. The van der Waals surface area contributed by atoms with Crippen LogP contribution in [0.5, 0.6) is 5.75 Å². The molecule has 0 saturated carbocycles. The van der Waals surface area contributed by atoms with Gasteiger partial charge in [0.1, 0.15) is 6.61 Å². The Bertz CT molecular complexity index is 659. The molecule has 0 aliphatic carbocycles. The molecule has 0 radical (unpaired) electrons. The molecule has 0 aliphatic heterocycles. The summed E-state index contributed by atoms with van der Waals surface area (Å²) in [5, 5.41) is 10.6. The predicted molar refractivity (Wildman–Crippen MR) is 68.5 cm³/mol. The molecular formula is C14H11F2NO3. The van der Waals surface area contributed by atoms with Crippen LogP contribution >= 0.6 is 0 Å². The molecule has 104 valence electrons. The fourth-order valence-corrected chi connectivity index (χ4v) is 1.71. The van der Waals surface area contributed by atoms with Crippen molar-refractivity contribution < 1.29 is 18.4 Å². The van der Waals surface area contributed by atoms with Crippen molar-refractivity contribution in [1.82, 2.24) is 0 Å². The molecule has 0 fully saturated rings. The Morgan fingerprint density at radius 1 is 1.15 bits per heavy atom. The average Bonchev–Trinajstić information content (AvgIpc) is 2.41. The number of aryl methyl sites for hydroxylation is 1. The summed E-state index contributed by atoms with van der Waals surface area (Å²) >= 11 is 0. The zero-order valence-corrected chi connectivity index (χ0v) is 10.6. The minimum absolute atomic E-state index is 0.0000983. The SMILES string of the molecule is Cc1cccc(OCc2cccc([N+](=O)[O-])c2F)c1F. The summed E-state index contributed by atoms with van der Waals surface area (Å²) in [5.41, 5.74) is -0.224. The van der Waals surface area contributed by atoms with Crippen LogP contribution in [0.3, 0.4) is 0 Å². The van der Waals surface area contributed by atoms with Crippen molar-refractivity contribution in [2.24, 2.45) is 0 Å². The first kappa shape index (κ1) is 13.9. The van der Waals surface area contributed by atoms with Crippen LogP contribution in [0, 0.1) is 28.7 Å². The molecule has 0 N–H and O–H groups in total. The van der Waals surface area contributed by atoms with Gasteiger partial charge in [-0.25, -0.2) is 4.39 Å². The molecule has 0 amide bonds. The summed E-state index contributed by atoms with van der Waals surface area (Å²) in [6, 6.07) is 8.37. The summed E-state index contributed by atoms with van der Waals surface area (Å²) in [5.74, 6) is -1.51. The van der Waals surface area contributed by atoms with E-state index in [-0.39, 0.29) is 17.9 Å². The monoisotopic (exact) mass is 279 g/mol. The number of nitrogens with zero attached hydrogens (tertiary/aromatic N) is 1. The quantitative estimate of drug-likeness (QED) is 0.632. The maximum atomic E-state index is 13.8. The summed E-state index contributed by atoms with van der Waals surface area (Å²) in [6.45, 7) is 1.30. The molecule has 20 heavy (non-hydrogen) atoms. The Balaban J connectivity index is 2.21. The summed E-state index contributed by atoms with van der Waals surface area (Å²) < 4.78 is 32.7. The van der Waals surface area contributed by atoms with E-state index in [9.17, 15) is 18.9 Å². The Morgan fingerprint density at radius 2 is 1.85 bits per heavy atom. The molecular weight excluding hydrogens is 268 g/mol. The van der Waals surface area contributed by atoms with Crippen molar-refractivity contribution in [2.45, 2.75) is 13.5 Å². The second kappa shape index (κ2) is 5.64. The van der Waals surface area contributed by atoms with Gasteiger partial charge in [0.15, 0.2) is 11.6 Å². The van der Waals surface area contributed by atoms with Crippen molar-refractivity contribution >= 4 is 5.69 Å². The van der Waals surface area contributed by atoms with Gasteiger partial charge in [-0.15, -0.1) is 0 Å². The minimum Gasteiger partial charge on any atom is -0.486 e. The third kappa shape index (κ3) is 2.74. The molecule has 0 aliphatic rings. The van der Waals surface area contributed by atoms with Gasteiger partial charge in [-0.1, -0.05) is 24.3 Å². The molecule has 2 aromatic rings. The number of nitro groups is 1. The van der Waals surface area contributed by atoms with E-state index < -0.39 is 22.2 Å². The van der Waals surface area contributed by atoms with E-state index in [0.717, 1.165) is 6.07 Å². The van der Waals surface area contributed by atoms with Gasteiger partial charge in [0.2, 0.25) is 5.82 Å². The highest BCUT2D eigenvalue weighted by atomic mass is 19.1. The summed E-state index contributed by atoms with van der Waals surface area (Å²) in [4.78, 5) is 9.80. The van der Waals surface area contributed by atoms with Crippen LogP contribution in [0.4, 0.5) is 14.5 Å². The number of nitro benzene ring substituents is 1. The van der Waals surface area contributed by atoms with Gasteiger partial charge in [0.25, 0.3) is 0 Å². The standard InChI is InChI=1S/C14H11F2NO3/c1-9-4-2-7-12(13(9)15)20-8-10-5-3-6-11(14(10)16)17(18)19/h2-7H,8H2,1H3. The first-order valence-electron chi connectivity index (χ1n) is 5.80. The lowest BCUT2D eigenvalue weighted by atomic mass is 10.2. The van der Waals surface area contributed by atoms with Crippen LogP contribution in [-0.2, 0) is 6.61 Å². The lowest BCUT2D eigenvalue weighted by Gasteiger charge is -2.09. The van der Waals surface area contributed by atoms with Gasteiger partial charge < -0.3 is 4.74 Å². The number of halogens is 2. The highest BCUT2D eigenvalue weighted by molar-refractivity contribution is 5.37. The van der Waals surface area contributed by atoms with E-state index in [2.05, 4.69) is 0 Å². The topological polar surface area (TPSA) is 52.4 Å². The molecule has 0 unspecified atom stereocenters. The van der Waals surface area contributed by atoms with Crippen LogP contribution in [0.1, 0.15) is 11.1 Å². The van der Waals surface area contributed by atoms with Crippen molar-refractivity contribution in [3.8, 4) is 5.75 Å². The van der Waals surface area contributed by atoms with Crippen LogP contribution in [-0.4, -0.2) is 4.92 Å². The molecule has 0 heterocycles. The second-order valence-electron chi connectivity index (χ2n) is 4.18. The van der Waals surface area contributed by atoms with E-state index in [1.54, 1.807) is 19.1 Å². The van der Waals surface area contributed by atoms with E-state index >= 15 is 0 Å². The largest absolute Gasteiger partial charge is 0.486 e. The Kier molecular flexibility index (Phi) is 3.93. The Labute approximate surface area is 113 Å². The molecule has 2 aromatic carbocycles. The lowest BCUT2D eigenvalue weighted by molar-refractivity contribution is -0.387. The highest BCUT2D eigenvalue weighted by Gasteiger charge is 2.17. The smallest absolute Gasteiger partial charge is 0.305 e. The molecule has 4 nitrogen and oxygen atoms in total. The Hall–Kier alpha value is -2.50. The predicted octanol–water partition coefficient (Wildman–Crippen LogP) is 3.76. The Morgan fingerprint density at radius 3 is 2.55 bits per heavy atom. The molecule has 0 aromatic heterocycles. The number of hydrogen-bond donors (Lipinski definition) is 0. The third-order valence-electron chi connectivity index (χ3n) is 2.79. The zero-order valence-electron chi connectivity index (χ0n) is 10.6. The van der Waals surface area contributed by atoms with E-state index in [0.29, 0.717) is 5.56 Å². The third-order valence-corrected chi connectivity index (χ3v) is 2.79. The van der Waals surface area contributed by atoms with Crippen molar-refractivity contribution in [1.29, 1.82) is 0 Å². The first-order valence-corrected chi connectivity index (χ1v) is 5.80. The molecule has 0 bridgehead atoms. The van der Waals surface area contributed by atoms with Crippen LogP contribution < -0.4 is 4.74 Å². The number of hydrogen-bond acceptors (Lipinski definition) is 3. The summed E-state index contributed by atoms with van der Waals surface area (Å²) in [6.07, 6.45) is 0. The molecule has 0 spiro atoms. The summed E-state index contributed by atoms with van der Waals surface area (Å²) in [7, 11) is 0. The minimum atomic E-state index is -0.967. The van der Waals surface area contributed by atoms with E-state index in [4.69, 9.17) is 4.74 Å². The van der Waals surface area contributed by atoms with Gasteiger partial charge in [0.05, 0.1) is 4.92 Å². The van der Waals surface area contributed by atoms with Crippen molar-refractivity contribution in [3.05, 3.63) is 69.3 Å². The number of benzene rings is 2. The molecule has 0 atom stereocenters. The fraction of sp³-hybridized carbons (Fsp3) is 0.143. The number of rotatable bonds is 4. The normalized spacial score (nSPS) is 10.3. The van der Waals surface area contributed by atoms with Gasteiger partial charge in [0, 0.05) is 11.6 Å². The lowest BCUT2D eigenvalue weighted by Crippen LogP contribution is -2.03. The number of ether oxygens (including phenoxy) is 1. The molecule has 2 rings (SSSR count). The maximum absolute atomic E-state index is 13.8. The van der Waals surface area contributed by atoms with Crippen LogP contribution in [0.2, 0.25) is 0 Å².